The first-order valence-electron chi connectivity index (χ1n) is 9.16. The van der Waals surface area contributed by atoms with Gasteiger partial charge in [-0.15, -0.1) is 0 Å². The Morgan fingerprint density at radius 2 is 1.84 bits per heavy atom. The fourth-order valence-corrected chi connectivity index (χ4v) is 3.49. The molecule has 0 atom stereocenters. The summed E-state index contributed by atoms with van der Waals surface area (Å²) in [5, 5.41) is 17.5. The molecule has 1 amide bonds. The second kappa shape index (κ2) is 8.02. The molecule has 4 rings (SSSR count). The molecule has 2 heterocycles. The summed E-state index contributed by atoms with van der Waals surface area (Å²) in [7, 11) is 0. The number of furan rings is 1. The number of non-ortho nitro benzene ring substituents is 1. The zero-order valence-corrected chi connectivity index (χ0v) is 17.9. The molecule has 0 fully saturated rings. The predicted octanol–water partition coefficient (Wildman–Crippen LogP) is 6.28. The topological polar surface area (TPSA) is 89.0 Å². The molecule has 0 unspecified atom stereocenters. The summed E-state index contributed by atoms with van der Waals surface area (Å²) in [6.07, 6.45) is 1.58. The molecule has 0 saturated heterocycles. The highest BCUT2D eigenvalue weighted by molar-refractivity contribution is 6.34. The summed E-state index contributed by atoms with van der Waals surface area (Å²) in [4.78, 5) is 23.5. The average molecular weight is 456 g/mol. The van der Waals surface area contributed by atoms with Crippen molar-refractivity contribution in [3.8, 4) is 11.3 Å². The van der Waals surface area contributed by atoms with Crippen LogP contribution in [-0.4, -0.2) is 16.5 Å². The van der Waals surface area contributed by atoms with Gasteiger partial charge in [0.25, 0.3) is 11.6 Å². The second-order valence-corrected chi connectivity index (χ2v) is 7.73. The standard InChI is InChI=1S/C22H15Cl2N3O4/c1-12-3-4-14(10-20(12)24)26-22(28)17(13(2)25-26)11-16-6-8-21(31-16)18-9-15(27(29)30)5-7-19(18)23/h3-11H,1-2H3/b17-11-. The Morgan fingerprint density at radius 1 is 1.06 bits per heavy atom. The molecule has 7 nitrogen and oxygen atoms in total. The van der Waals surface area contributed by atoms with Gasteiger partial charge in [0.2, 0.25) is 0 Å². The lowest BCUT2D eigenvalue weighted by Gasteiger charge is -2.12. The van der Waals surface area contributed by atoms with Crippen LogP contribution < -0.4 is 5.01 Å². The molecule has 0 aliphatic carbocycles. The fourth-order valence-electron chi connectivity index (χ4n) is 3.11. The quantitative estimate of drug-likeness (QED) is 0.263. The van der Waals surface area contributed by atoms with Crippen LogP contribution in [0, 0.1) is 17.0 Å². The normalized spacial score (nSPS) is 15.0. The van der Waals surface area contributed by atoms with Gasteiger partial charge in [-0.05, 0) is 55.8 Å². The molecule has 156 valence electrons. The van der Waals surface area contributed by atoms with Gasteiger partial charge < -0.3 is 4.42 Å². The summed E-state index contributed by atoms with van der Waals surface area (Å²) < 4.78 is 5.79. The lowest BCUT2D eigenvalue weighted by atomic mass is 10.1. The Bertz CT molecular complexity index is 1290. The van der Waals surface area contributed by atoms with Gasteiger partial charge in [0, 0.05) is 22.7 Å². The third-order valence-electron chi connectivity index (χ3n) is 4.80. The number of rotatable bonds is 4. The number of halogens is 2. The Labute approximate surface area is 187 Å². The van der Waals surface area contributed by atoms with Crippen LogP contribution in [0.2, 0.25) is 10.0 Å². The van der Waals surface area contributed by atoms with E-state index in [1.807, 2.05) is 13.0 Å². The maximum Gasteiger partial charge on any atom is 0.280 e. The van der Waals surface area contributed by atoms with E-state index in [1.54, 1.807) is 37.3 Å². The minimum absolute atomic E-state index is 0.1000. The minimum Gasteiger partial charge on any atom is -0.457 e. The number of hydrogen-bond donors (Lipinski definition) is 0. The zero-order valence-electron chi connectivity index (χ0n) is 16.4. The van der Waals surface area contributed by atoms with Crippen LogP contribution in [0.25, 0.3) is 17.4 Å². The van der Waals surface area contributed by atoms with Gasteiger partial charge in [0.1, 0.15) is 11.5 Å². The van der Waals surface area contributed by atoms with E-state index in [-0.39, 0.29) is 11.6 Å². The molecule has 0 N–H and O–H groups in total. The van der Waals surface area contributed by atoms with Crippen LogP contribution >= 0.6 is 23.2 Å². The summed E-state index contributed by atoms with van der Waals surface area (Å²) in [5.41, 5.74) is 2.63. The largest absolute Gasteiger partial charge is 0.457 e. The van der Waals surface area contributed by atoms with Gasteiger partial charge in [-0.3, -0.25) is 14.9 Å². The number of benzene rings is 2. The molecule has 9 heteroatoms. The van der Waals surface area contributed by atoms with Gasteiger partial charge >= 0.3 is 0 Å². The van der Waals surface area contributed by atoms with Crippen LogP contribution in [-0.2, 0) is 4.79 Å². The maximum absolute atomic E-state index is 12.9. The fraction of sp³-hybridized carbons (Fsp3) is 0.0909. The van der Waals surface area contributed by atoms with Gasteiger partial charge in [0.05, 0.1) is 26.9 Å². The van der Waals surface area contributed by atoms with Crippen molar-refractivity contribution in [3.63, 3.8) is 0 Å². The van der Waals surface area contributed by atoms with Gasteiger partial charge in [-0.25, -0.2) is 0 Å². The average Bonchev–Trinajstić information content (AvgIpc) is 3.30. The molecule has 2 aromatic carbocycles. The van der Waals surface area contributed by atoms with E-state index in [0.29, 0.717) is 44.1 Å². The van der Waals surface area contributed by atoms with Crippen molar-refractivity contribution < 1.29 is 14.1 Å². The van der Waals surface area contributed by atoms with Crippen molar-refractivity contribution in [2.24, 2.45) is 5.10 Å². The molecule has 1 aromatic heterocycles. The number of hydrazone groups is 1. The first kappa shape index (κ1) is 20.8. The molecule has 1 aliphatic heterocycles. The lowest BCUT2D eigenvalue weighted by Crippen LogP contribution is -2.21. The summed E-state index contributed by atoms with van der Waals surface area (Å²) in [5.74, 6) is 0.422. The first-order chi connectivity index (χ1) is 14.7. The summed E-state index contributed by atoms with van der Waals surface area (Å²) in [6.45, 7) is 3.60. The van der Waals surface area contributed by atoms with Crippen LogP contribution in [0.1, 0.15) is 18.2 Å². The molecule has 31 heavy (non-hydrogen) atoms. The molecule has 0 bridgehead atoms. The Hall–Kier alpha value is -3.42. The monoisotopic (exact) mass is 455 g/mol. The second-order valence-electron chi connectivity index (χ2n) is 6.92. The van der Waals surface area contributed by atoms with Crippen LogP contribution in [0.5, 0.6) is 0 Å². The highest BCUT2D eigenvalue weighted by atomic mass is 35.5. The first-order valence-corrected chi connectivity index (χ1v) is 9.92. The van der Waals surface area contributed by atoms with E-state index in [1.165, 1.54) is 23.2 Å². The SMILES string of the molecule is CC1=NN(c2ccc(C)c(Cl)c2)C(=O)/C1=C\c1ccc(-c2cc([N+](=O)[O-])ccc2Cl)o1. The predicted molar refractivity (Wildman–Crippen MR) is 121 cm³/mol. The van der Waals surface area contributed by atoms with E-state index in [9.17, 15) is 14.9 Å². The van der Waals surface area contributed by atoms with E-state index in [0.717, 1.165) is 5.56 Å². The number of anilines is 1. The number of nitro benzene ring substituents is 1. The Morgan fingerprint density at radius 3 is 2.55 bits per heavy atom. The van der Waals surface area contributed by atoms with Crippen molar-refractivity contribution >= 4 is 52.3 Å². The van der Waals surface area contributed by atoms with E-state index < -0.39 is 4.92 Å². The Kier molecular flexibility index (Phi) is 5.39. The molecule has 1 aliphatic rings. The highest BCUT2D eigenvalue weighted by Gasteiger charge is 2.29. The molecule has 0 saturated carbocycles. The van der Waals surface area contributed by atoms with Crippen LogP contribution in [0.3, 0.4) is 0 Å². The smallest absolute Gasteiger partial charge is 0.280 e. The molecular weight excluding hydrogens is 441 g/mol. The van der Waals surface area contributed by atoms with E-state index in [4.69, 9.17) is 27.6 Å². The highest BCUT2D eigenvalue weighted by Crippen LogP contribution is 2.34. The van der Waals surface area contributed by atoms with Crippen molar-refractivity contribution in [1.82, 2.24) is 0 Å². The zero-order chi connectivity index (χ0) is 22.3. The van der Waals surface area contributed by atoms with E-state index >= 15 is 0 Å². The van der Waals surface area contributed by atoms with Crippen LogP contribution in [0.15, 0.2) is 63.6 Å². The number of carbonyl (C=O) groups is 1. The number of nitrogens with zero attached hydrogens (tertiary/aromatic N) is 3. The van der Waals surface area contributed by atoms with Gasteiger partial charge in [-0.1, -0.05) is 29.3 Å². The van der Waals surface area contributed by atoms with Crippen LogP contribution in [0.4, 0.5) is 11.4 Å². The summed E-state index contributed by atoms with van der Waals surface area (Å²) in [6, 6.07) is 12.7. The van der Waals surface area contributed by atoms with Crippen molar-refractivity contribution in [3.05, 3.63) is 85.6 Å². The maximum atomic E-state index is 12.9. The number of nitro groups is 1. The number of amides is 1. The molecule has 0 radical (unpaired) electrons. The van der Waals surface area contributed by atoms with Crippen molar-refractivity contribution in [1.29, 1.82) is 0 Å². The third-order valence-corrected chi connectivity index (χ3v) is 5.54. The lowest BCUT2D eigenvalue weighted by molar-refractivity contribution is -0.384. The van der Waals surface area contributed by atoms with Crippen molar-refractivity contribution in [2.75, 3.05) is 5.01 Å². The Balaban J connectivity index is 1.65. The number of aryl methyl sites for hydroxylation is 1. The van der Waals surface area contributed by atoms with Crippen molar-refractivity contribution in [2.45, 2.75) is 13.8 Å². The van der Waals surface area contributed by atoms with Gasteiger partial charge in [0.15, 0.2) is 0 Å². The number of hydrogen-bond acceptors (Lipinski definition) is 5. The van der Waals surface area contributed by atoms with E-state index in [2.05, 4.69) is 5.10 Å². The number of carbonyl (C=O) groups excluding carboxylic acids is 1. The van der Waals surface area contributed by atoms with Gasteiger partial charge in [-0.2, -0.15) is 10.1 Å². The molecular formula is C22H15Cl2N3O4. The minimum atomic E-state index is -0.505. The molecule has 0 spiro atoms. The summed E-state index contributed by atoms with van der Waals surface area (Å²) >= 11 is 12.4. The molecule has 3 aromatic rings. The third kappa shape index (κ3) is 3.97.